The van der Waals surface area contributed by atoms with Crippen LogP contribution in [0.1, 0.15) is 42.4 Å². The molecule has 0 aromatic carbocycles. The van der Waals surface area contributed by atoms with E-state index in [1.54, 1.807) is 24.5 Å². The van der Waals surface area contributed by atoms with E-state index in [0.29, 0.717) is 22.3 Å². The van der Waals surface area contributed by atoms with E-state index >= 15 is 0 Å². The number of aryl methyl sites for hydroxylation is 2. The summed E-state index contributed by atoms with van der Waals surface area (Å²) in [5, 5.41) is 10.6. The van der Waals surface area contributed by atoms with Crippen LogP contribution in [0.2, 0.25) is 0 Å². The van der Waals surface area contributed by atoms with E-state index in [2.05, 4.69) is 11.6 Å². The molecular formula is C19H24N4O2. The third kappa shape index (κ3) is 2.91. The summed E-state index contributed by atoms with van der Waals surface area (Å²) in [4.78, 5) is 16.6. The number of pyridine rings is 1. The smallest absolute Gasteiger partial charge is 0.253 e. The number of nitrogens with zero attached hydrogens (tertiary/aromatic N) is 2. The van der Waals surface area contributed by atoms with Gasteiger partial charge in [-0.15, -0.1) is 0 Å². The topological polar surface area (TPSA) is 107 Å². The number of nitrogens with two attached hydrogens (primary N) is 2. The van der Waals surface area contributed by atoms with Gasteiger partial charge in [-0.05, 0) is 51.8 Å². The summed E-state index contributed by atoms with van der Waals surface area (Å²) in [5.41, 5.74) is 16.4. The van der Waals surface area contributed by atoms with Crippen LogP contribution in [-0.4, -0.2) is 20.6 Å². The summed E-state index contributed by atoms with van der Waals surface area (Å²) in [6.45, 7) is 12.8. The van der Waals surface area contributed by atoms with Gasteiger partial charge in [-0.3, -0.25) is 9.36 Å². The number of rotatable bonds is 4. The lowest BCUT2D eigenvalue weighted by molar-refractivity contribution is 0.100. The summed E-state index contributed by atoms with van der Waals surface area (Å²) < 4.78 is 1.66. The predicted molar refractivity (Wildman–Crippen MR) is 102 cm³/mol. The first-order valence-electron chi connectivity index (χ1n) is 7.90. The van der Waals surface area contributed by atoms with Crippen LogP contribution in [-0.2, 0) is 0 Å². The predicted octanol–water partition coefficient (Wildman–Crippen LogP) is 3.60. The van der Waals surface area contributed by atoms with Gasteiger partial charge in [-0.25, -0.2) is 4.98 Å². The Morgan fingerprint density at radius 2 is 1.92 bits per heavy atom. The monoisotopic (exact) mass is 340 g/mol. The molecule has 132 valence electrons. The zero-order chi connectivity index (χ0) is 19.0. The number of aromatic nitrogens is 2. The summed E-state index contributed by atoms with van der Waals surface area (Å²) in [6, 6.07) is 1.86. The number of allylic oxidation sites excluding steroid dienone is 5. The number of carbonyl (C=O) groups is 1. The Morgan fingerprint density at radius 1 is 1.32 bits per heavy atom. The number of primary amides is 1. The molecule has 0 bridgehead atoms. The van der Waals surface area contributed by atoms with Crippen LogP contribution in [0.4, 0.5) is 5.82 Å². The Bertz CT molecular complexity index is 958. The highest BCUT2D eigenvalue weighted by molar-refractivity contribution is 6.11. The first kappa shape index (κ1) is 18.3. The van der Waals surface area contributed by atoms with Crippen molar-refractivity contribution in [3.8, 4) is 0 Å². The summed E-state index contributed by atoms with van der Waals surface area (Å²) in [5.74, 6) is -0.289. The molecule has 6 nitrogen and oxygen atoms in total. The largest absolute Gasteiger partial charge is 0.512 e. The van der Waals surface area contributed by atoms with Gasteiger partial charge in [0.2, 0.25) is 0 Å². The van der Waals surface area contributed by atoms with Crippen molar-refractivity contribution in [2.75, 3.05) is 5.73 Å². The molecular weight excluding hydrogens is 316 g/mol. The Morgan fingerprint density at radius 3 is 2.40 bits per heavy atom. The van der Waals surface area contributed by atoms with Gasteiger partial charge in [-0.2, -0.15) is 0 Å². The van der Waals surface area contributed by atoms with Gasteiger partial charge in [0.15, 0.2) is 0 Å². The molecule has 2 heterocycles. The zero-order valence-electron chi connectivity index (χ0n) is 15.3. The van der Waals surface area contributed by atoms with Gasteiger partial charge >= 0.3 is 0 Å². The second-order valence-corrected chi connectivity index (χ2v) is 6.17. The lowest BCUT2D eigenvalue weighted by Crippen LogP contribution is -2.14. The van der Waals surface area contributed by atoms with Crippen LogP contribution in [0, 0.1) is 13.8 Å². The first-order chi connectivity index (χ1) is 11.6. The molecule has 0 saturated heterocycles. The van der Waals surface area contributed by atoms with E-state index in [-0.39, 0.29) is 17.1 Å². The zero-order valence-corrected chi connectivity index (χ0v) is 15.3. The lowest BCUT2D eigenvalue weighted by Gasteiger charge is -2.16. The number of hydrogen-bond acceptors (Lipinski definition) is 4. The number of nitrogen functional groups attached to an aromatic ring is 1. The van der Waals surface area contributed by atoms with Crippen LogP contribution >= 0.6 is 0 Å². The molecule has 6 heteroatoms. The molecule has 0 unspecified atom stereocenters. The molecule has 0 saturated carbocycles. The van der Waals surface area contributed by atoms with Crippen LogP contribution in [0.15, 0.2) is 35.6 Å². The molecule has 2 aromatic heterocycles. The van der Waals surface area contributed by atoms with Crippen molar-refractivity contribution < 1.29 is 9.90 Å². The number of fused-ring (bicyclic) bond motifs is 1. The minimum Gasteiger partial charge on any atom is -0.512 e. The second-order valence-electron chi connectivity index (χ2n) is 6.17. The van der Waals surface area contributed by atoms with E-state index < -0.39 is 5.91 Å². The second kappa shape index (κ2) is 6.47. The maximum absolute atomic E-state index is 12.0. The number of amides is 1. The molecule has 5 N–H and O–H groups in total. The van der Waals surface area contributed by atoms with E-state index in [0.717, 1.165) is 16.8 Å². The Labute approximate surface area is 147 Å². The van der Waals surface area contributed by atoms with E-state index in [1.807, 2.05) is 26.8 Å². The molecule has 0 spiro atoms. The molecule has 0 aliphatic rings. The third-order valence-corrected chi connectivity index (χ3v) is 4.47. The van der Waals surface area contributed by atoms with Gasteiger partial charge in [0, 0.05) is 16.7 Å². The van der Waals surface area contributed by atoms with Crippen molar-refractivity contribution in [1.82, 2.24) is 9.55 Å². The van der Waals surface area contributed by atoms with Crippen molar-refractivity contribution in [1.29, 1.82) is 0 Å². The normalized spacial score (nSPS) is 13.5. The van der Waals surface area contributed by atoms with Gasteiger partial charge in [0.05, 0.1) is 17.0 Å². The van der Waals surface area contributed by atoms with Crippen molar-refractivity contribution in [3.63, 3.8) is 0 Å². The summed E-state index contributed by atoms with van der Waals surface area (Å²) in [7, 11) is 0. The molecule has 0 aliphatic heterocycles. The molecule has 0 radical (unpaired) electrons. The molecule has 2 rings (SSSR count). The average Bonchev–Trinajstić information content (AvgIpc) is 2.80. The Hall–Kier alpha value is -3.02. The molecule has 0 atom stereocenters. The van der Waals surface area contributed by atoms with E-state index in [9.17, 15) is 9.90 Å². The van der Waals surface area contributed by atoms with Crippen LogP contribution < -0.4 is 11.5 Å². The quantitative estimate of drug-likeness (QED) is 0.584. The fraction of sp³-hybridized carbons (Fsp3) is 0.263. The third-order valence-electron chi connectivity index (χ3n) is 4.47. The Balaban J connectivity index is 3.11. The highest BCUT2D eigenvalue weighted by Crippen LogP contribution is 2.35. The van der Waals surface area contributed by atoms with Crippen molar-refractivity contribution in [2.24, 2.45) is 5.73 Å². The van der Waals surface area contributed by atoms with Crippen LogP contribution in [0.5, 0.6) is 0 Å². The summed E-state index contributed by atoms with van der Waals surface area (Å²) in [6.07, 6.45) is 1.66. The van der Waals surface area contributed by atoms with Crippen molar-refractivity contribution in [2.45, 2.75) is 34.6 Å². The minimum atomic E-state index is -0.621. The number of carbonyl (C=O) groups excluding carboxylic acids is 1. The fourth-order valence-corrected chi connectivity index (χ4v) is 2.80. The number of aliphatic hydroxyl groups excluding tert-OH is 1. The van der Waals surface area contributed by atoms with E-state index in [4.69, 9.17) is 11.5 Å². The van der Waals surface area contributed by atoms with Crippen LogP contribution in [0.25, 0.3) is 16.7 Å². The SMILES string of the molecule is C=C/C(C)=C(\C(C)=C(/C)O)n1c(N)c(C(N)=O)c2cc(C)c(C)nc21. The fourth-order valence-electron chi connectivity index (χ4n) is 2.80. The number of hydrogen-bond donors (Lipinski definition) is 3. The molecule has 0 aliphatic carbocycles. The average molecular weight is 340 g/mol. The van der Waals surface area contributed by atoms with Crippen LogP contribution in [0.3, 0.4) is 0 Å². The maximum atomic E-state index is 12.0. The van der Waals surface area contributed by atoms with Gasteiger partial charge in [0.1, 0.15) is 11.5 Å². The van der Waals surface area contributed by atoms with E-state index in [1.165, 1.54) is 0 Å². The minimum absolute atomic E-state index is 0.141. The van der Waals surface area contributed by atoms with Crippen molar-refractivity contribution in [3.05, 3.63) is 52.4 Å². The standard InChI is InChI=1S/C19H24N4O2/c1-7-9(2)16(11(4)13(6)24)23-17(20)15(18(21)25)14-8-10(3)12(5)22-19(14)23/h7-8,24H,1,20H2,2-6H3,(H2,21,25)/b13-11+,16-9+. The molecule has 0 fully saturated rings. The number of aliphatic hydroxyl groups is 1. The number of anilines is 1. The first-order valence-corrected chi connectivity index (χ1v) is 7.90. The summed E-state index contributed by atoms with van der Waals surface area (Å²) >= 11 is 0. The van der Waals surface area contributed by atoms with Gasteiger partial charge < -0.3 is 16.6 Å². The highest BCUT2D eigenvalue weighted by Gasteiger charge is 2.24. The Kier molecular flexibility index (Phi) is 4.74. The van der Waals surface area contributed by atoms with Gasteiger partial charge in [-0.1, -0.05) is 12.7 Å². The molecule has 25 heavy (non-hydrogen) atoms. The highest BCUT2D eigenvalue weighted by atomic mass is 16.3. The van der Waals surface area contributed by atoms with Crippen molar-refractivity contribution >= 4 is 28.5 Å². The molecule has 2 aromatic rings. The lowest BCUT2D eigenvalue weighted by atomic mass is 10.1. The maximum Gasteiger partial charge on any atom is 0.253 e. The van der Waals surface area contributed by atoms with Gasteiger partial charge in [0.25, 0.3) is 5.91 Å². The molecule has 1 amide bonds.